The molecule has 0 spiro atoms. The zero-order valence-electron chi connectivity index (χ0n) is 13.4. The number of thioether (sulfide) groups is 1. The molecule has 1 aromatic heterocycles. The molecule has 1 saturated heterocycles. The van der Waals surface area contributed by atoms with Gasteiger partial charge in [0.05, 0.1) is 12.4 Å². The van der Waals surface area contributed by atoms with Gasteiger partial charge in [0.25, 0.3) is 5.22 Å². The van der Waals surface area contributed by atoms with Crippen LogP contribution in [-0.4, -0.2) is 47.8 Å². The minimum Gasteiger partial charge on any atom is -0.431 e. The lowest BCUT2D eigenvalue weighted by atomic mass is 9.99. The molecule has 1 aliphatic heterocycles. The maximum atomic E-state index is 12.4. The van der Waals surface area contributed by atoms with Gasteiger partial charge >= 0.3 is 0 Å². The fraction of sp³-hybridized carbons (Fsp3) is 0.444. The lowest BCUT2D eigenvalue weighted by Crippen LogP contribution is -2.42. The smallest absolute Gasteiger partial charge is 0.257 e. The summed E-state index contributed by atoms with van der Waals surface area (Å²) in [6, 6.07) is 7.60. The van der Waals surface area contributed by atoms with Crippen LogP contribution in [0.25, 0.3) is 11.1 Å². The summed E-state index contributed by atoms with van der Waals surface area (Å²) in [5, 5.41) is 0.537. The number of hydrogen-bond acceptors (Lipinski definition) is 5. The maximum absolute atomic E-state index is 12.4. The molecule has 1 fully saturated rings. The Morgan fingerprint density at radius 3 is 3.21 bits per heavy atom. The second kappa shape index (κ2) is 8.22. The van der Waals surface area contributed by atoms with Crippen LogP contribution in [0.3, 0.4) is 0 Å². The standard InChI is InChI=1S/C18H20N2O3S/c1-2-10-22-12-14-6-5-9-20(11-14)17(21)13-24-18-19-15-7-3-4-8-16(15)23-18/h1,3-4,7-8,14H,5-6,9-13H2. The third-order valence-electron chi connectivity index (χ3n) is 4.00. The largest absolute Gasteiger partial charge is 0.431 e. The summed E-state index contributed by atoms with van der Waals surface area (Å²) in [5.41, 5.74) is 1.56. The lowest BCUT2D eigenvalue weighted by Gasteiger charge is -2.32. The molecular weight excluding hydrogens is 324 g/mol. The predicted octanol–water partition coefficient (Wildman–Crippen LogP) is 2.81. The first-order valence-corrected chi connectivity index (χ1v) is 9.02. The van der Waals surface area contributed by atoms with E-state index in [1.165, 1.54) is 11.8 Å². The maximum Gasteiger partial charge on any atom is 0.257 e. The number of amides is 1. The van der Waals surface area contributed by atoms with Gasteiger partial charge in [-0.2, -0.15) is 0 Å². The SMILES string of the molecule is C#CCOCC1CCCN(C(=O)CSc2nc3ccccc3o2)C1. The van der Waals surface area contributed by atoms with Gasteiger partial charge in [-0.05, 0) is 30.9 Å². The average molecular weight is 344 g/mol. The number of oxazole rings is 1. The van der Waals surface area contributed by atoms with E-state index in [-0.39, 0.29) is 5.91 Å². The first kappa shape index (κ1) is 16.9. The van der Waals surface area contributed by atoms with Crippen LogP contribution in [0.15, 0.2) is 33.9 Å². The third kappa shape index (κ3) is 4.31. The van der Waals surface area contributed by atoms with Gasteiger partial charge in [-0.3, -0.25) is 4.79 Å². The Morgan fingerprint density at radius 2 is 2.38 bits per heavy atom. The van der Waals surface area contributed by atoms with Crippen LogP contribution >= 0.6 is 11.8 Å². The van der Waals surface area contributed by atoms with E-state index in [4.69, 9.17) is 15.6 Å². The molecule has 1 amide bonds. The van der Waals surface area contributed by atoms with Crippen molar-refractivity contribution in [2.45, 2.75) is 18.1 Å². The summed E-state index contributed by atoms with van der Waals surface area (Å²) in [5.74, 6) is 3.29. The van der Waals surface area contributed by atoms with Crippen LogP contribution in [-0.2, 0) is 9.53 Å². The highest BCUT2D eigenvalue weighted by molar-refractivity contribution is 7.99. The molecule has 1 atom stereocenters. The fourth-order valence-corrected chi connectivity index (χ4v) is 3.58. The Bertz CT molecular complexity index is 704. The molecule has 3 rings (SSSR count). The summed E-state index contributed by atoms with van der Waals surface area (Å²) >= 11 is 1.34. The fourth-order valence-electron chi connectivity index (χ4n) is 2.84. The molecule has 0 N–H and O–H groups in total. The van der Waals surface area contributed by atoms with Crippen molar-refractivity contribution < 1.29 is 13.9 Å². The lowest BCUT2D eigenvalue weighted by molar-refractivity contribution is -0.130. The number of rotatable bonds is 6. The van der Waals surface area contributed by atoms with Gasteiger partial charge in [0.15, 0.2) is 5.58 Å². The molecule has 0 saturated carbocycles. The molecule has 1 aromatic carbocycles. The van der Waals surface area contributed by atoms with Gasteiger partial charge in [0.2, 0.25) is 5.91 Å². The van der Waals surface area contributed by atoms with Crippen LogP contribution in [0.5, 0.6) is 0 Å². The Kier molecular flexibility index (Phi) is 5.78. The minimum atomic E-state index is 0.115. The van der Waals surface area contributed by atoms with Gasteiger partial charge in [-0.15, -0.1) is 6.42 Å². The van der Waals surface area contributed by atoms with E-state index in [1.54, 1.807) is 0 Å². The van der Waals surface area contributed by atoms with E-state index in [0.29, 0.717) is 30.1 Å². The minimum absolute atomic E-state index is 0.115. The van der Waals surface area contributed by atoms with Crippen molar-refractivity contribution in [2.75, 3.05) is 32.1 Å². The van der Waals surface area contributed by atoms with Gasteiger partial charge in [0.1, 0.15) is 12.1 Å². The van der Waals surface area contributed by atoms with Crippen molar-refractivity contribution in [3.8, 4) is 12.3 Å². The Balaban J connectivity index is 1.50. The Hall–Kier alpha value is -1.97. The summed E-state index contributed by atoms with van der Waals surface area (Å²) in [6.45, 7) is 2.49. The highest BCUT2D eigenvalue weighted by atomic mass is 32.2. The zero-order chi connectivity index (χ0) is 16.8. The van der Waals surface area contributed by atoms with Crippen LogP contribution in [0.4, 0.5) is 0 Å². The number of fused-ring (bicyclic) bond motifs is 1. The van der Waals surface area contributed by atoms with E-state index in [1.807, 2.05) is 29.2 Å². The molecular formula is C18H20N2O3S. The summed E-state index contributed by atoms with van der Waals surface area (Å²) in [7, 11) is 0. The Morgan fingerprint density at radius 1 is 1.50 bits per heavy atom. The number of benzene rings is 1. The molecule has 0 aliphatic carbocycles. The van der Waals surface area contributed by atoms with Crippen molar-refractivity contribution in [2.24, 2.45) is 5.92 Å². The number of likely N-dealkylation sites (tertiary alicyclic amines) is 1. The van der Waals surface area contributed by atoms with Gasteiger partial charge in [-0.25, -0.2) is 4.98 Å². The first-order valence-electron chi connectivity index (χ1n) is 8.03. The molecule has 0 radical (unpaired) electrons. The van der Waals surface area contributed by atoms with Crippen molar-refractivity contribution in [1.29, 1.82) is 0 Å². The topological polar surface area (TPSA) is 55.6 Å². The second-order valence-electron chi connectivity index (χ2n) is 5.80. The average Bonchev–Trinajstić information content (AvgIpc) is 3.03. The van der Waals surface area contributed by atoms with Crippen molar-refractivity contribution in [3.05, 3.63) is 24.3 Å². The third-order valence-corrected chi connectivity index (χ3v) is 4.82. The monoisotopic (exact) mass is 344 g/mol. The molecule has 1 aliphatic rings. The van der Waals surface area contributed by atoms with Crippen LogP contribution in [0, 0.1) is 18.3 Å². The second-order valence-corrected chi connectivity index (χ2v) is 6.73. The van der Waals surface area contributed by atoms with Crippen molar-refractivity contribution in [3.63, 3.8) is 0 Å². The van der Waals surface area contributed by atoms with Crippen LogP contribution < -0.4 is 0 Å². The summed E-state index contributed by atoms with van der Waals surface area (Å²) < 4.78 is 11.0. The molecule has 126 valence electrons. The number of piperidine rings is 1. The van der Waals surface area contributed by atoms with Gasteiger partial charge in [-0.1, -0.05) is 29.8 Å². The Labute approximate surface area is 145 Å². The number of hydrogen-bond donors (Lipinski definition) is 0. The van der Waals surface area contributed by atoms with E-state index in [2.05, 4.69) is 10.9 Å². The normalized spacial score (nSPS) is 17.8. The van der Waals surface area contributed by atoms with Crippen molar-refractivity contribution in [1.82, 2.24) is 9.88 Å². The number of nitrogens with zero attached hydrogens (tertiary/aromatic N) is 2. The molecule has 5 nitrogen and oxygen atoms in total. The zero-order valence-corrected chi connectivity index (χ0v) is 14.3. The first-order chi connectivity index (χ1) is 11.8. The van der Waals surface area contributed by atoms with Crippen molar-refractivity contribution >= 4 is 28.8 Å². The van der Waals surface area contributed by atoms with E-state index >= 15 is 0 Å². The molecule has 1 unspecified atom stereocenters. The highest BCUT2D eigenvalue weighted by Crippen LogP contribution is 2.24. The van der Waals surface area contributed by atoms with E-state index in [0.717, 1.165) is 37.0 Å². The van der Waals surface area contributed by atoms with E-state index in [9.17, 15) is 4.79 Å². The molecule has 24 heavy (non-hydrogen) atoms. The van der Waals surface area contributed by atoms with Crippen LogP contribution in [0.1, 0.15) is 12.8 Å². The quantitative estimate of drug-likeness (QED) is 0.458. The van der Waals surface area contributed by atoms with Gasteiger partial charge in [0, 0.05) is 13.1 Å². The number of carbonyl (C=O) groups is 1. The molecule has 2 aromatic rings. The highest BCUT2D eigenvalue weighted by Gasteiger charge is 2.24. The van der Waals surface area contributed by atoms with E-state index < -0.39 is 0 Å². The summed E-state index contributed by atoms with van der Waals surface area (Å²) in [6.07, 6.45) is 7.26. The van der Waals surface area contributed by atoms with Gasteiger partial charge < -0.3 is 14.1 Å². The molecule has 2 heterocycles. The molecule has 0 bridgehead atoms. The number of terminal acetylenes is 1. The number of ether oxygens (including phenoxy) is 1. The number of aromatic nitrogens is 1. The number of para-hydroxylation sites is 2. The van der Waals surface area contributed by atoms with Crippen LogP contribution in [0.2, 0.25) is 0 Å². The summed E-state index contributed by atoms with van der Waals surface area (Å²) in [4.78, 5) is 18.7. The molecule has 6 heteroatoms. The number of carbonyl (C=O) groups excluding carboxylic acids is 1. The predicted molar refractivity (Wildman–Crippen MR) is 93.7 cm³/mol.